The maximum absolute atomic E-state index is 9.22. The predicted molar refractivity (Wildman–Crippen MR) is 64.3 cm³/mol. The number of benzene rings is 1. The van der Waals surface area contributed by atoms with Gasteiger partial charge >= 0.3 is 0 Å². The van der Waals surface area contributed by atoms with E-state index < -0.39 is 0 Å². The molecule has 0 saturated carbocycles. The highest BCUT2D eigenvalue weighted by Gasteiger charge is 2.12. The van der Waals surface area contributed by atoms with Crippen LogP contribution in [0.3, 0.4) is 0 Å². The van der Waals surface area contributed by atoms with Gasteiger partial charge in [-0.3, -0.25) is 0 Å². The van der Waals surface area contributed by atoms with E-state index in [1.54, 1.807) is 12.1 Å². The zero-order valence-electron chi connectivity index (χ0n) is 9.57. The number of aliphatic hydroxyl groups excluding tert-OH is 1. The fraction of sp³-hybridized carbons (Fsp3) is 0.417. The van der Waals surface area contributed by atoms with E-state index in [0.717, 1.165) is 0 Å². The minimum Gasteiger partial charge on any atom is -0.493 e. The highest BCUT2D eigenvalue weighted by molar-refractivity contribution is 6.30. The van der Waals surface area contributed by atoms with Gasteiger partial charge in [0.1, 0.15) is 0 Å². The van der Waals surface area contributed by atoms with E-state index in [1.165, 1.54) is 7.11 Å². The minimum absolute atomic E-state index is 0.176. The number of nitrogens with zero attached hydrogens (tertiary/aromatic N) is 1. The number of hydrogen-bond acceptors (Lipinski definition) is 4. The van der Waals surface area contributed by atoms with Crippen LogP contribution in [0.4, 0.5) is 0 Å². The Kier molecular flexibility index (Phi) is 5.61. The Morgan fingerprint density at radius 1 is 1.47 bits per heavy atom. The van der Waals surface area contributed by atoms with Crippen molar-refractivity contribution in [2.24, 2.45) is 0 Å². The van der Waals surface area contributed by atoms with Gasteiger partial charge in [-0.15, -0.1) is 0 Å². The number of rotatable bonds is 6. The molecule has 4 nitrogen and oxygen atoms in total. The largest absolute Gasteiger partial charge is 0.493 e. The van der Waals surface area contributed by atoms with Crippen LogP contribution in [-0.4, -0.2) is 18.8 Å². The maximum atomic E-state index is 9.22. The molecule has 1 rings (SSSR count). The smallest absolute Gasteiger partial charge is 0.166 e. The van der Waals surface area contributed by atoms with Crippen LogP contribution < -0.4 is 9.47 Å². The zero-order valence-corrected chi connectivity index (χ0v) is 10.3. The Morgan fingerprint density at radius 2 is 2.24 bits per heavy atom. The van der Waals surface area contributed by atoms with E-state index in [-0.39, 0.29) is 6.61 Å². The Labute approximate surface area is 105 Å². The molecule has 5 heteroatoms. The van der Waals surface area contributed by atoms with Gasteiger partial charge in [0.25, 0.3) is 0 Å². The van der Waals surface area contributed by atoms with Crippen LogP contribution in [0.15, 0.2) is 12.1 Å². The summed E-state index contributed by atoms with van der Waals surface area (Å²) < 4.78 is 10.7. The Balaban J connectivity index is 2.84. The van der Waals surface area contributed by atoms with Crippen LogP contribution in [0, 0.1) is 11.3 Å². The molecule has 0 aliphatic carbocycles. The third kappa shape index (κ3) is 3.81. The van der Waals surface area contributed by atoms with Gasteiger partial charge in [-0.05, 0) is 12.5 Å². The lowest BCUT2D eigenvalue weighted by molar-refractivity contribution is 0.253. The topological polar surface area (TPSA) is 62.5 Å². The van der Waals surface area contributed by atoms with Crippen LogP contribution in [0.2, 0.25) is 5.02 Å². The van der Waals surface area contributed by atoms with Crippen LogP contribution in [-0.2, 0) is 6.61 Å². The van der Waals surface area contributed by atoms with E-state index in [0.29, 0.717) is 41.5 Å². The first kappa shape index (κ1) is 13.6. The fourth-order valence-electron chi connectivity index (χ4n) is 1.38. The molecule has 92 valence electrons. The van der Waals surface area contributed by atoms with Gasteiger partial charge in [0.2, 0.25) is 0 Å². The van der Waals surface area contributed by atoms with E-state index in [4.69, 9.17) is 26.3 Å². The van der Waals surface area contributed by atoms with E-state index >= 15 is 0 Å². The quantitative estimate of drug-likeness (QED) is 0.794. The van der Waals surface area contributed by atoms with Crippen LogP contribution >= 0.6 is 11.6 Å². The van der Waals surface area contributed by atoms with Crippen molar-refractivity contribution in [1.82, 2.24) is 0 Å². The average Bonchev–Trinajstić information content (AvgIpc) is 2.35. The first-order chi connectivity index (χ1) is 8.22. The van der Waals surface area contributed by atoms with Gasteiger partial charge in [0.05, 0.1) is 26.4 Å². The van der Waals surface area contributed by atoms with Crippen molar-refractivity contribution >= 4 is 11.6 Å². The second kappa shape index (κ2) is 7.00. The molecule has 0 aromatic heterocycles. The van der Waals surface area contributed by atoms with Gasteiger partial charge < -0.3 is 14.6 Å². The molecule has 0 heterocycles. The SMILES string of the molecule is COc1cc(Cl)cc(CO)c1OCCCC#N. The monoisotopic (exact) mass is 255 g/mol. The van der Waals surface area contributed by atoms with Crippen molar-refractivity contribution in [1.29, 1.82) is 5.26 Å². The first-order valence-electron chi connectivity index (χ1n) is 5.20. The Hall–Kier alpha value is -1.44. The average molecular weight is 256 g/mol. The molecular formula is C12H14ClNO3. The summed E-state index contributed by atoms with van der Waals surface area (Å²) in [4.78, 5) is 0. The molecule has 0 amide bonds. The zero-order chi connectivity index (χ0) is 12.7. The third-order valence-corrected chi connectivity index (χ3v) is 2.38. The van der Waals surface area contributed by atoms with Gasteiger partial charge in [0.15, 0.2) is 11.5 Å². The molecule has 0 saturated heterocycles. The van der Waals surface area contributed by atoms with E-state index in [2.05, 4.69) is 0 Å². The molecule has 0 aliphatic heterocycles. The van der Waals surface area contributed by atoms with Crippen molar-refractivity contribution < 1.29 is 14.6 Å². The molecule has 1 aromatic rings. The second-order valence-electron chi connectivity index (χ2n) is 3.36. The maximum Gasteiger partial charge on any atom is 0.166 e. The van der Waals surface area contributed by atoms with Crippen molar-refractivity contribution in [2.45, 2.75) is 19.4 Å². The fourth-order valence-corrected chi connectivity index (χ4v) is 1.61. The molecule has 1 aromatic carbocycles. The lowest BCUT2D eigenvalue weighted by Gasteiger charge is -2.14. The molecular weight excluding hydrogens is 242 g/mol. The summed E-state index contributed by atoms with van der Waals surface area (Å²) in [5.74, 6) is 0.968. The molecule has 0 atom stereocenters. The lowest BCUT2D eigenvalue weighted by Crippen LogP contribution is -2.02. The number of hydrogen-bond donors (Lipinski definition) is 1. The number of unbranched alkanes of at least 4 members (excludes halogenated alkanes) is 1. The predicted octanol–water partition coefficient (Wildman–Crippen LogP) is 2.52. The standard InChI is InChI=1S/C12H14ClNO3/c1-16-11-7-10(13)6-9(8-15)12(11)17-5-3-2-4-14/h6-7,15H,2-3,5,8H2,1H3. The molecule has 0 radical (unpaired) electrons. The molecule has 17 heavy (non-hydrogen) atoms. The Bertz CT molecular complexity index is 390. The van der Waals surface area contributed by atoms with Crippen LogP contribution in [0.25, 0.3) is 0 Å². The van der Waals surface area contributed by atoms with Gasteiger partial charge in [-0.25, -0.2) is 0 Å². The van der Waals surface area contributed by atoms with Gasteiger partial charge in [-0.1, -0.05) is 11.6 Å². The summed E-state index contributed by atoms with van der Waals surface area (Å²) in [6, 6.07) is 5.29. The van der Waals surface area contributed by atoms with Gasteiger partial charge in [-0.2, -0.15) is 5.26 Å². The molecule has 0 aliphatic rings. The molecule has 0 unspecified atom stereocenters. The first-order valence-corrected chi connectivity index (χ1v) is 5.57. The molecule has 0 fully saturated rings. The highest BCUT2D eigenvalue weighted by atomic mass is 35.5. The summed E-state index contributed by atoms with van der Waals surface area (Å²) >= 11 is 5.87. The third-order valence-electron chi connectivity index (χ3n) is 2.17. The lowest BCUT2D eigenvalue weighted by atomic mass is 10.2. The van der Waals surface area contributed by atoms with Crippen molar-refractivity contribution in [3.8, 4) is 17.6 Å². The molecule has 1 N–H and O–H groups in total. The Morgan fingerprint density at radius 3 is 2.82 bits per heavy atom. The second-order valence-corrected chi connectivity index (χ2v) is 3.80. The molecule has 0 bridgehead atoms. The summed E-state index contributed by atoms with van der Waals surface area (Å²) in [5, 5.41) is 18.1. The van der Waals surface area contributed by atoms with E-state index in [1.807, 2.05) is 6.07 Å². The minimum atomic E-state index is -0.176. The van der Waals surface area contributed by atoms with E-state index in [9.17, 15) is 5.11 Å². The summed E-state index contributed by atoms with van der Waals surface area (Å²) in [6.07, 6.45) is 1.07. The number of nitriles is 1. The summed E-state index contributed by atoms with van der Waals surface area (Å²) in [6.45, 7) is 0.225. The number of ether oxygens (including phenoxy) is 2. The summed E-state index contributed by atoms with van der Waals surface area (Å²) in [5.41, 5.74) is 0.575. The van der Waals surface area contributed by atoms with Gasteiger partial charge in [0, 0.05) is 23.1 Å². The number of aliphatic hydroxyl groups is 1. The van der Waals surface area contributed by atoms with Crippen molar-refractivity contribution in [3.05, 3.63) is 22.7 Å². The van der Waals surface area contributed by atoms with Crippen LogP contribution in [0.5, 0.6) is 11.5 Å². The number of methoxy groups -OCH3 is 1. The highest BCUT2D eigenvalue weighted by Crippen LogP contribution is 2.34. The van der Waals surface area contributed by atoms with Crippen molar-refractivity contribution in [3.63, 3.8) is 0 Å². The van der Waals surface area contributed by atoms with Crippen LogP contribution in [0.1, 0.15) is 18.4 Å². The normalized spacial score (nSPS) is 9.76. The summed E-state index contributed by atoms with van der Waals surface area (Å²) in [7, 11) is 1.51. The number of halogens is 1. The molecule has 0 spiro atoms. The van der Waals surface area contributed by atoms with Crippen molar-refractivity contribution in [2.75, 3.05) is 13.7 Å².